The van der Waals surface area contributed by atoms with Crippen LogP contribution in [0, 0.1) is 0 Å². The normalized spacial score (nSPS) is 15.5. The first-order valence-electron chi connectivity index (χ1n) is 7.49. The summed E-state index contributed by atoms with van der Waals surface area (Å²) in [6.45, 7) is -0.0776. The summed E-state index contributed by atoms with van der Waals surface area (Å²) >= 11 is 3.14. The zero-order chi connectivity index (χ0) is 16.3. The lowest BCUT2D eigenvalue weighted by atomic mass is 9.72. The lowest BCUT2D eigenvalue weighted by Crippen LogP contribution is -2.53. The minimum absolute atomic E-state index is 0.0776. The summed E-state index contributed by atoms with van der Waals surface area (Å²) in [4.78, 5) is 24.1. The number of carbonyl (C=O) groups is 2. The summed E-state index contributed by atoms with van der Waals surface area (Å²) in [6.07, 6.45) is 2.92. The standard InChI is InChI=1S/C17H17BrN2O3/c18-14-8-7-13(23-14)16(22)19-11-15(21)20-17(9-4-10-17)12-5-2-1-3-6-12/h1-3,5-8H,4,9-11H2,(H,19,22)(H,20,21). The molecule has 0 aliphatic heterocycles. The second-order valence-electron chi connectivity index (χ2n) is 5.64. The Hall–Kier alpha value is -2.08. The zero-order valence-electron chi connectivity index (χ0n) is 12.5. The van der Waals surface area contributed by atoms with Crippen LogP contribution in [0.5, 0.6) is 0 Å². The first-order valence-corrected chi connectivity index (χ1v) is 8.28. The van der Waals surface area contributed by atoms with E-state index < -0.39 is 5.91 Å². The Morgan fingerprint density at radius 1 is 1.13 bits per heavy atom. The fourth-order valence-corrected chi connectivity index (χ4v) is 3.07. The van der Waals surface area contributed by atoms with Crippen LogP contribution >= 0.6 is 15.9 Å². The summed E-state index contributed by atoms with van der Waals surface area (Å²) in [7, 11) is 0. The van der Waals surface area contributed by atoms with Gasteiger partial charge in [-0.2, -0.15) is 0 Å². The quantitative estimate of drug-likeness (QED) is 0.842. The van der Waals surface area contributed by atoms with Gasteiger partial charge in [-0.15, -0.1) is 0 Å². The Labute approximate surface area is 142 Å². The van der Waals surface area contributed by atoms with Gasteiger partial charge in [-0.3, -0.25) is 9.59 Å². The molecule has 6 heteroatoms. The van der Waals surface area contributed by atoms with E-state index in [1.807, 2.05) is 30.3 Å². The lowest BCUT2D eigenvalue weighted by Gasteiger charge is -2.43. The first kappa shape index (κ1) is 15.8. The van der Waals surface area contributed by atoms with Crippen molar-refractivity contribution in [2.75, 3.05) is 6.54 Å². The van der Waals surface area contributed by atoms with Crippen LogP contribution in [-0.4, -0.2) is 18.4 Å². The number of carbonyl (C=O) groups excluding carboxylic acids is 2. The molecule has 0 atom stereocenters. The molecule has 2 N–H and O–H groups in total. The topological polar surface area (TPSA) is 71.3 Å². The summed E-state index contributed by atoms with van der Waals surface area (Å²) in [6, 6.07) is 13.1. The number of furan rings is 1. The average Bonchev–Trinajstić information content (AvgIpc) is 2.96. The fraction of sp³-hybridized carbons (Fsp3) is 0.294. The van der Waals surface area contributed by atoms with Crippen LogP contribution in [0.4, 0.5) is 0 Å². The highest BCUT2D eigenvalue weighted by Gasteiger charge is 2.39. The fourth-order valence-electron chi connectivity index (χ4n) is 2.77. The maximum atomic E-state index is 12.2. The van der Waals surface area contributed by atoms with E-state index in [-0.39, 0.29) is 23.8 Å². The summed E-state index contributed by atoms with van der Waals surface area (Å²) in [5.74, 6) is -0.438. The molecule has 0 radical (unpaired) electrons. The summed E-state index contributed by atoms with van der Waals surface area (Å²) in [5, 5.41) is 5.63. The number of nitrogens with one attached hydrogen (secondary N) is 2. The number of halogens is 1. The van der Waals surface area contributed by atoms with E-state index in [0.29, 0.717) is 4.67 Å². The van der Waals surface area contributed by atoms with E-state index in [9.17, 15) is 9.59 Å². The highest BCUT2D eigenvalue weighted by molar-refractivity contribution is 9.10. The second kappa shape index (κ2) is 6.58. The van der Waals surface area contributed by atoms with Gasteiger partial charge in [0.1, 0.15) is 0 Å². The van der Waals surface area contributed by atoms with Crippen LogP contribution in [0.15, 0.2) is 51.6 Å². The van der Waals surface area contributed by atoms with Crippen LogP contribution in [0.3, 0.4) is 0 Å². The molecule has 1 saturated carbocycles. The molecule has 2 aromatic rings. The SMILES string of the molecule is O=C(CNC(=O)c1ccc(Br)o1)NC1(c2ccccc2)CCC1. The minimum atomic E-state index is -0.409. The van der Waals surface area contributed by atoms with E-state index in [1.165, 1.54) is 0 Å². The van der Waals surface area contributed by atoms with Crippen molar-refractivity contribution in [1.82, 2.24) is 10.6 Å². The highest BCUT2D eigenvalue weighted by Crippen LogP contribution is 2.40. The maximum Gasteiger partial charge on any atom is 0.287 e. The van der Waals surface area contributed by atoms with Crippen LogP contribution in [0.1, 0.15) is 35.4 Å². The third-order valence-corrected chi connectivity index (χ3v) is 4.54. The van der Waals surface area contributed by atoms with Gasteiger partial charge in [0.2, 0.25) is 5.91 Å². The predicted octanol–water partition coefficient (Wildman–Crippen LogP) is 2.97. The molecule has 3 rings (SSSR count). The van der Waals surface area contributed by atoms with Gasteiger partial charge in [-0.25, -0.2) is 0 Å². The first-order chi connectivity index (χ1) is 11.1. The van der Waals surface area contributed by atoms with Crippen LogP contribution in [-0.2, 0) is 10.3 Å². The van der Waals surface area contributed by atoms with Crippen molar-refractivity contribution in [2.24, 2.45) is 0 Å². The smallest absolute Gasteiger partial charge is 0.287 e. The van der Waals surface area contributed by atoms with Gasteiger partial charge in [0, 0.05) is 0 Å². The van der Waals surface area contributed by atoms with Crippen LogP contribution < -0.4 is 10.6 Å². The van der Waals surface area contributed by atoms with Crippen molar-refractivity contribution < 1.29 is 14.0 Å². The monoisotopic (exact) mass is 376 g/mol. The van der Waals surface area contributed by atoms with Crippen molar-refractivity contribution in [1.29, 1.82) is 0 Å². The van der Waals surface area contributed by atoms with E-state index >= 15 is 0 Å². The molecule has 120 valence electrons. The van der Waals surface area contributed by atoms with E-state index in [0.717, 1.165) is 24.8 Å². The molecular weight excluding hydrogens is 360 g/mol. The molecule has 5 nitrogen and oxygen atoms in total. The van der Waals surface area contributed by atoms with Crippen molar-refractivity contribution in [2.45, 2.75) is 24.8 Å². The molecule has 0 spiro atoms. The van der Waals surface area contributed by atoms with Crippen molar-refractivity contribution in [3.8, 4) is 0 Å². The third kappa shape index (κ3) is 3.47. The van der Waals surface area contributed by atoms with Crippen LogP contribution in [0.25, 0.3) is 0 Å². The Bertz CT molecular complexity index is 708. The maximum absolute atomic E-state index is 12.2. The molecule has 1 aromatic heterocycles. The number of hydrogen-bond donors (Lipinski definition) is 2. The van der Waals surface area contributed by atoms with Gasteiger partial charge in [0.05, 0.1) is 12.1 Å². The number of hydrogen-bond acceptors (Lipinski definition) is 3. The molecule has 1 fully saturated rings. The predicted molar refractivity (Wildman–Crippen MR) is 88.9 cm³/mol. The molecule has 23 heavy (non-hydrogen) atoms. The van der Waals surface area contributed by atoms with E-state index in [2.05, 4.69) is 26.6 Å². The number of rotatable bonds is 5. The number of amides is 2. The molecular formula is C17H17BrN2O3. The number of benzene rings is 1. The van der Waals surface area contributed by atoms with Gasteiger partial charge in [-0.1, -0.05) is 30.3 Å². The van der Waals surface area contributed by atoms with E-state index in [4.69, 9.17) is 4.42 Å². The van der Waals surface area contributed by atoms with Gasteiger partial charge in [-0.05, 0) is 52.9 Å². The molecule has 0 unspecified atom stereocenters. The Morgan fingerprint density at radius 3 is 2.43 bits per heavy atom. The second-order valence-corrected chi connectivity index (χ2v) is 6.42. The molecule has 0 saturated heterocycles. The Morgan fingerprint density at radius 2 is 1.87 bits per heavy atom. The largest absolute Gasteiger partial charge is 0.444 e. The molecule has 2 amide bonds. The highest BCUT2D eigenvalue weighted by atomic mass is 79.9. The van der Waals surface area contributed by atoms with Gasteiger partial charge in [0.25, 0.3) is 5.91 Å². The summed E-state index contributed by atoms with van der Waals surface area (Å²) < 4.78 is 5.63. The molecule has 1 heterocycles. The van der Waals surface area contributed by atoms with Gasteiger partial charge < -0.3 is 15.1 Å². The summed E-state index contributed by atoms with van der Waals surface area (Å²) in [5.41, 5.74) is 0.817. The Balaban J connectivity index is 1.57. The van der Waals surface area contributed by atoms with Crippen molar-refractivity contribution in [3.05, 3.63) is 58.5 Å². The molecule has 1 aromatic carbocycles. The zero-order valence-corrected chi connectivity index (χ0v) is 14.1. The van der Waals surface area contributed by atoms with Gasteiger partial charge in [0.15, 0.2) is 10.4 Å². The molecule has 0 bridgehead atoms. The third-order valence-electron chi connectivity index (χ3n) is 4.12. The van der Waals surface area contributed by atoms with Crippen molar-refractivity contribution in [3.63, 3.8) is 0 Å². The minimum Gasteiger partial charge on any atom is -0.444 e. The average molecular weight is 377 g/mol. The molecule has 1 aliphatic carbocycles. The Kier molecular flexibility index (Phi) is 4.52. The van der Waals surface area contributed by atoms with Crippen molar-refractivity contribution >= 4 is 27.7 Å². The van der Waals surface area contributed by atoms with E-state index in [1.54, 1.807) is 12.1 Å². The van der Waals surface area contributed by atoms with Gasteiger partial charge >= 0.3 is 0 Å². The lowest BCUT2D eigenvalue weighted by molar-refractivity contribution is -0.123. The van der Waals surface area contributed by atoms with Crippen LogP contribution in [0.2, 0.25) is 0 Å². The molecule has 1 aliphatic rings.